The SMILES string of the molecule is COc1cccc(N2C[C@@H](C(=O)N3CCN(CC(=O)NCc4ccccc4)CC3)CC2=O)c1. The molecule has 2 aliphatic rings. The predicted octanol–water partition coefficient (Wildman–Crippen LogP) is 1.51. The minimum absolute atomic E-state index is 0.0157. The maximum atomic E-state index is 13.1. The zero-order chi connectivity index (χ0) is 23.2. The second-order valence-electron chi connectivity index (χ2n) is 8.47. The fraction of sp³-hybridized carbons (Fsp3) is 0.400. The monoisotopic (exact) mass is 450 g/mol. The first kappa shape index (κ1) is 22.8. The summed E-state index contributed by atoms with van der Waals surface area (Å²) < 4.78 is 5.25. The molecule has 0 spiro atoms. The van der Waals surface area contributed by atoms with Gasteiger partial charge in [-0.1, -0.05) is 36.4 Å². The first-order valence-corrected chi connectivity index (χ1v) is 11.3. The molecule has 8 nitrogen and oxygen atoms in total. The number of carbonyl (C=O) groups is 3. The van der Waals surface area contributed by atoms with E-state index < -0.39 is 0 Å². The number of amides is 3. The van der Waals surface area contributed by atoms with Crippen molar-refractivity contribution in [1.82, 2.24) is 15.1 Å². The molecule has 2 aliphatic heterocycles. The second kappa shape index (κ2) is 10.5. The van der Waals surface area contributed by atoms with Gasteiger partial charge in [-0.15, -0.1) is 0 Å². The molecule has 1 N–H and O–H groups in total. The van der Waals surface area contributed by atoms with Crippen molar-refractivity contribution in [2.75, 3.05) is 51.3 Å². The Morgan fingerprint density at radius 2 is 1.79 bits per heavy atom. The Labute approximate surface area is 194 Å². The molecule has 4 rings (SSSR count). The molecular weight excluding hydrogens is 420 g/mol. The Morgan fingerprint density at radius 1 is 1.03 bits per heavy atom. The zero-order valence-electron chi connectivity index (χ0n) is 18.9. The van der Waals surface area contributed by atoms with Crippen LogP contribution >= 0.6 is 0 Å². The van der Waals surface area contributed by atoms with Gasteiger partial charge in [0.2, 0.25) is 17.7 Å². The Kier molecular flexibility index (Phi) is 7.24. The van der Waals surface area contributed by atoms with E-state index in [0.29, 0.717) is 51.6 Å². The number of ether oxygens (including phenoxy) is 1. The van der Waals surface area contributed by atoms with E-state index in [1.807, 2.05) is 59.5 Å². The lowest BCUT2D eigenvalue weighted by Gasteiger charge is -2.35. The summed E-state index contributed by atoms with van der Waals surface area (Å²) >= 11 is 0. The van der Waals surface area contributed by atoms with Crippen LogP contribution in [0.2, 0.25) is 0 Å². The summed E-state index contributed by atoms with van der Waals surface area (Å²) in [7, 11) is 1.59. The first-order chi connectivity index (χ1) is 16.0. The number of hydrogen-bond acceptors (Lipinski definition) is 5. The average Bonchev–Trinajstić information content (AvgIpc) is 3.25. The molecule has 0 radical (unpaired) electrons. The number of anilines is 1. The van der Waals surface area contributed by atoms with Crippen LogP contribution in [0, 0.1) is 5.92 Å². The van der Waals surface area contributed by atoms with Crippen LogP contribution in [0.3, 0.4) is 0 Å². The summed E-state index contributed by atoms with van der Waals surface area (Å²) in [5.74, 6) is 0.287. The highest BCUT2D eigenvalue weighted by Gasteiger charge is 2.38. The molecule has 0 aromatic heterocycles. The smallest absolute Gasteiger partial charge is 0.234 e. The number of carbonyl (C=O) groups excluding carboxylic acids is 3. The summed E-state index contributed by atoms with van der Waals surface area (Å²) in [5, 5.41) is 2.95. The molecule has 1 atom stereocenters. The van der Waals surface area contributed by atoms with E-state index in [1.165, 1.54) is 0 Å². The minimum Gasteiger partial charge on any atom is -0.497 e. The lowest BCUT2D eigenvalue weighted by molar-refractivity contribution is -0.137. The highest BCUT2D eigenvalue weighted by Crippen LogP contribution is 2.29. The number of nitrogens with one attached hydrogen (secondary N) is 1. The maximum absolute atomic E-state index is 13.1. The van der Waals surface area contributed by atoms with Gasteiger partial charge in [0, 0.05) is 57.4 Å². The Hall–Kier alpha value is -3.39. The van der Waals surface area contributed by atoms with Gasteiger partial charge in [-0.2, -0.15) is 0 Å². The van der Waals surface area contributed by atoms with Crippen LogP contribution in [0.4, 0.5) is 5.69 Å². The number of hydrogen-bond donors (Lipinski definition) is 1. The first-order valence-electron chi connectivity index (χ1n) is 11.3. The standard InChI is InChI=1S/C25H30N4O4/c1-33-22-9-5-8-21(15-22)29-17-20(14-24(29)31)25(32)28-12-10-27(11-13-28)18-23(30)26-16-19-6-3-2-4-7-19/h2-9,15,20H,10-14,16-18H2,1H3,(H,26,30)/t20-/m0/s1. The van der Waals surface area contributed by atoms with Crippen molar-refractivity contribution >= 4 is 23.4 Å². The summed E-state index contributed by atoms with van der Waals surface area (Å²) in [6.45, 7) is 3.63. The number of benzene rings is 2. The van der Waals surface area contributed by atoms with Crippen LogP contribution in [0.1, 0.15) is 12.0 Å². The van der Waals surface area contributed by atoms with Crippen molar-refractivity contribution < 1.29 is 19.1 Å². The largest absolute Gasteiger partial charge is 0.497 e. The maximum Gasteiger partial charge on any atom is 0.234 e. The molecule has 2 fully saturated rings. The van der Waals surface area contributed by atoms with Crippen LogP contribution < -0.4 is 15.0 Å². The fourth-order valence-corrected chi connectivity index (χ4v) is 4.34. The van der Waals surface area contributed by atoms with Crippen LogP contribution in [0.25, 0.3) is 0 Å². The highest BCUT2D eigenvalue weighted by atomic mass is 16.5. The Bertz CT molecular complexity index is 989. The second-order valence-corrected chi connectivity index (χ2v) is 8.47. The molecule has 2 aromatic carbocycles. The average molecular weight is 451 g/mol. The zero-order valence-corrected chi connectivity index (χ0v) is 18.9. The Morgan fingerprint density at radius 3 is 2.52 bits per heavy atom. The van der Waals surface area contributed by atoms with Crippen molar-refractivity contribution in [3.8, 4) is 5.75 Å². The minimum atomic E-state index is -0.343. The lowest BCUT2D eigenvalue weighted by Crippen LogP contribution is -2.52. The molecule has 174 valence electrons. The molecular formula is C25H30N4O4. The van der Waals surface area contributed by atoms with E-state index in [4.69, 9.17) is 4.74 Å². The summed E-state index contributed by atoms with van der Waals surface area (Å²) in [6.07, 6.45) is 0.220. The molecule has 2 aromatic rings. The van der Waals surface area contributed by atoms with Gasteiger partial charge in [-0.25, -0.2) is 0 Å². The lowest BCUT2D eigenvalue weighted by atomic mass is 10.1. The van der Waals surface area contributed by atoms with Gasteiger partial charge in [0.25, 0.3) is 0 Å². The third kappa shape index (κ3) is 5.70. The molecule has 0 aliphatic carbocycles. The molecule has 8 heteroatoms. The van der Waals surface area contributed by atoms with Crippen LogP contribution in [0.15, 0.2) is 54.6 Å². The van der Waals surface area contributed by atoms with Gasteiger partial charge in [0.05, 0.1) is 19.6 Å². The number of methoxy groups -OCH3 is 1. The summed E-state index contributed by atoms with van der Waals surface area (Å²) in [4.78, 5) is 43.5. The van der Waals surface area contributed by atoms with Crippen molar-refractivity contribution in [2.45, 2.75) is 13.0 Å². The Balaban J connectivity index is 1.23. The molecule has 2 saturated heterocycles. The molecule has 3 amide bonds. The fourth-order valence-electron chi connectivity index (χ4n) is 4.34. The van der Waals surface area contributed by atoms with Gasteiger partial charge in [-0.3, -0.25) is 19.3 Å². The molecule has 33 heavy (non-hydrogen) atoms. The highest BCUT2D eigenvalue weighted by molar-refractivity contribution is 6.00. The predicted molar refractivity (Wildman–Crippen MR) is 125 cm³/mol. The van der Waals surface area contributed by atoms with Gasteiger partial charge in [-0.05, 0) is 17.7 Å². The van der Waals surface area contributed by atoms with E-state index in [1.54, 1.807) is 12.0 Å². The van der Waals surface area contributed by atoms with Crippen molar-refractivity contribution in [2.24, 2.45) is 5.92 Å². The molecule has 2 heterocycles. The van der Waals surface area contributed by atoms with E-state index in [2.05, 4.69) is 10.2 Å². The number of nitrogens with zero attached hydrogens (tertiary/aromatic N) is 3. The normalized spacial score (nSPS) is 18.9. The van der Waals surface area contributed by atoms with Crippen molar-refractivity contribution in [3.05, 3.63) is 60.2 Å². The quantitative estimate of drug-likeness (QED) is 0.692. The van der Waals surface area contributed by atoms with Crippen LogP contribution in [-0.4, -0.2) is 73.9 Å². The third-order valence-corrected chi connectivity index (χ3v) is 6.22. The van der Waals surface area contributed by atoms with E-state index in [-0.39, 0.29) is 30.1 Å². The molecule has 0 saturated carbocycles. The number of piperazine rings is 1. The summed E-state index contributed by atoms with van der Waals surface area (Å²) in [6, 6.07) is 17.1. The van der Waals surface area contributed by atoms with E-state index >= 15 is 0 Å². The van der Waals surface area contributed by atoms with Gasteiger partial charge >= 0.3 is 0 Å². The van der Waals surface area contributed by atoms with Gasteiger partial charge in [0.1, 0.15) is 5.75 Å². The van der Waals surface area contributed by atoms with Crippen LogP contribution in [-0.2, 0) is 20.9 Å². The van der Waals surface area contributed by atoms with Gasteiger partial charge < -0.3 is 19.9 Å². The topological polar surface area (TPSA) is 82.2 Å². The molecule has 0 bridgehead atoms. The van der Waals surface area contributed by atoms with E-state index in [0.717, 1.165) is 11.3 Å². The third-order valence-electron chi connectivity index (χ3n) is 6.22. The number of rotatable bonds is 7. The summed E-state index contributed by atoms with van der Waals surface area (Å²) in [5.41, 5.74) is 1.82. The van der Waals surface area contributed by atoms with E-state index in [9.17, 15) is 14.4 Å². The van der Waals surface area contributed by atoms with Crippen molar-refractivity contribution in [3.63, 3.8) is 0 Å². The van der Waals surface area contributed by atoms with Crippen molar-refractivity contribution in [1.29, 1.82) is 0 Å². The van der Waals surface area contributed by atoms with Gasteiger partial charge in [0.15, 0.2) is 0 Å². The molecule has 0 unspecified atom stereocenters. The van der Waals surface area contributed by atoms with Crippen LogP contribution in [0.5, 0.6) is 5.75 Å².